The van der Waals surface area contributed by atoms with E-state index < -0.39 is 0 Å². The zero-order chi connectivity index (χ0) is 18.0. The van der Waals surface area contributed by atoms with E-state index in [1.165, 1.54) is 25.7 Å². The van der Waals surface area contributed by atoms with E-state index in [0.29, 0.717) is 24.9 Å². The first-order valence-electron chi connectivity index (χ1n) is 10.2. The lowest BCUT2D eigenvalue weighted by molar-refractivity contribution is -0.148. The van der Waals surface area contributed by atoms with Gasteiger partial charge in [0.1, 0.15) is 0 Å². The Morgan fingerprint density at radius 2 is 2.04 bits per heavy atom. The number of hydrogen-bond donors (Lipinski definition) is 0. The molecule has 3 heterocycles. The molecule has 1 saturated carbocycles. The van der Waals surface area contributed by atoms with Crippen molar-refractivity contribution in [3.63, 3.8) is 0 Å². The molecule has 0 unspecified atom stereocenters. The Balaban J connectivity index is 1.32. The predicted molar refractivity (Wildman–Crippen MR) is 98.3 cm³/mol. The maximum Gasteiger partial charge on any atom is 0.230 e. The number of hydrogen-bond acceptors (Lipinski definition) is 3. The summed E-state index contributed by atoms with van der Waals surface area (Å²) >= 11 is 0. The van der Waals surface area contributed by atoms with E-state index in [2.05, 4.69) is 9.88 Å². The molecule has 26 heavy (non-hydrogen) atoms. The Hall–Kier alpha value is -1.85. The summed E-state index contributed by atoms with van der Waals surface area (Å²) in [5.74, 6) is 0.539. The van der Waals surface area contributed by atoms with Crippen molar-refractivity contribution in [2.75, 3.05) is 19.6 Å². The molecule has 1 spiro atoms. The van der Waals surface area contributed by atoms with Gasteiger partial charge >= 0.3 is 0 Å². The van der Waals surface area contributed by atoms with Crippen molar-refractivity contribution in [1.29, 1.82) is 0 Å². The van der Waals surface area contributed by atoms with Crippen LogP contribution in [0.15, 0.2) is 18.7 Å². The Kier molecular flexibility index (Phi) is 5.00. The van der Waals surface area contributed by atoms with Crippen molar-refractivity contribution >= 4 is 11.8 Å². The van der Waals surface area contributed by atoms with Gasteiger partial charge < -0.3 is 14.4 Å². The van der Waals surface area contributed by atoms with Crippen LogP contribution in [0.3, 0.4) is 0 Å². The molecule has 1 aromatic heterocycles. The first-order valence-corrected chi connectivity index (χ1v) is 10.2. The second-order valence-corrected chi connectivity index (χ2v) is 8.29. The molecule has 1 atom stereocenters. The standard InChI is InChI=1S/C20H30N4O2/c25-18(7-3-11-22-14-10-21-16-22)23-13-9-20(15-23)8-4-12-24(19(20)26)17-5-1-2-6-17/h10,14,16-17H,1-9,11-13,15H2/t20-/m1/s1. The Morgan fingerprint density at radius 3 is 2.81 bits per heavy atom. The molecule has 2 saturated heterocycles. The van der Waals surface area contributed by atoms with Crippen LogP contribution in [-0.2, 0) is 16.1 Å². The van der Waals surface area contributed by atoms with Gasteiger partial charge in [-0.1, -0.05) is 12.8 Å². The van der Waals surface area contributed by atoms with Crippen LogP contribution in [0.4, 0.5) is 0 Å². The van der Waals surface area contributed by atoms with E-state index in [1.54, 1.807) is 12.5 Å². The topological polar surface area (TPSA) is 58.4 Å². The molecule has 3 fully saturated rings. The second-order valence-electron chi connectivity index (χ2n) is 8.29. The van der Waals surface area contributed by atoms with Gasteiger partial charge in [0.05, 0.1) is 11.7 Å². The summed E-state index contributed by atoms with van der Waals surface area (Å²) in [6, 6.07) is 0.458. The van der Waals surface area contributed by atoms with Gasteiger partial charge in [0.2, 0.25) is 11.8 Å². The van der Waals surface area contributed by atoms with Crippen LogP contribution >= 0.6 is 0 Å². The number of piperidine rings is 1. The minimum Gasteiger partial charge on any atom is -0.342 e. The maximum absolute atomic E-state index is 13.3. The van der Waals surface area contributed by atoms with Crippen LogP contribution in [0.5, 0.6) is 0 Å². The molecule has 0 N–H and O–H groups in total. The summed E-state index contributed by atoms with van der Waals surface area (Å²) in [5, 5.41) is 0. The van der Waals surface area contributed by atoms with Gasteiger partial charge in [-0.05, 0) is 38.5 Å². The van der Waals surface area contributed by atoms with Gasteiger partial charge in [0.15, 0.2) is 0 Å². The number of nitrogens with zero attached hydrogens (tertiary/aromatic N) is 4. The first kappa shape index (κ1) is 17.6. The zero-order valence-corrected chi connectivity index (χ0v) is 15.6. The number of aromatic nitrogens is 2. The lowest BCUT2D eigenvalue weighted by atomic mass is 9.77. The molecule has 1 aromatic rings. The van der Waals surface area contributed by atoms with Crippen LogP contribution in [-0.4, -0.2) is 56.8 Å². The molecule has 6 heteroatoms. The summed E-state index contributed by atoms with van der Waals surface area (Å²) in [5.41, 5.74) is -0.291. The number of likely N-dealkylation sites (tertiary alicyclic amines) is 2. The number of imidazole rings is 1. The first-order chi connectivity index (χ1) is 12.7. The Labute approximate surface area is 155 Å². The third kappa shape index (κ3) is 3.38. The summed E-state index contributed by atoms with van der Waals surface area (Å²) < 4.78 is 2.00. The maximum atomic E-state index is 13.3. The molecular weight excluding hydrogens is 328 g/mol. The van der Waals surface area contributed by atoms with Crippen molar-refractivity contribution < 1.29 is 9.59 Å². The van der Waals surface area contributed by atoms with Gasteiger partial charge in [0, 0.05) is 51.0 Å². The Bertz CT molecular complexity index is 638. The van der Waals surface area contributed by atoms with Crippen molar-refractivity contribution in [2.45, 2.75) is 70.4 Å². The normalized spacial score (nSPS) is 27.0. The van der Waals surface area contributed by atoms with Crippen molar-refractivity contribution in [2.24, 2.45) is 5.41 Å². The smallest absolute Gasteiger partial charge is 0.230 e. The molecule has 0 aromatic carbocycles. The van der Waals surface area contributed by atoms with Gasteiger partial charge in [-0.15, -0.1) is 0 Å². The van der Waals surface area contributed by atoms with Crippen molar-refractivity contribution in [3.8, 4) is 0 Å². The van der Waals surface area contributed by atoms with E-state index in [9.17, 15) is 9.59 Å². The zero-order valence-electron chi connectivity index (χ0n) is 15.6. The monoisotopic (exact) mass is 358 g/mol. The fourth-order valence-corrected chi connectivity index (χ4v) is 5.12. The largest absolute Gasteiger partial charge is 0.342 e. The van der Waals surface area contributed by atoms with E-state index in [-0.39, 0.29) is 11.3 Å². The van der Waals surface area contributed by atoms with Crippen LogP contribution in [0.2, 0.25) is 0 Å². The van der Waals surface area contributed by atoms with E-state index >= 15 is 0 Å². The van der Waals surface area contributed by atoms with Gasteiger partial charge in [-0.3, -0.25) is 9.59 Å². The second kappa shape index (κ2) is 7.41. The number of amides is 2. The quantitative estimate of drug-likeness (QED) is 0.812. The molecule has 2 amide bonds. The number of carbonyl (C=O) groups is 2. The molecule has 1 aliphatic carbocycles. The van der Waals surface area contributed by atoms with Gasteiger partial charge in [-0.2, -0.15) is 0 Å². The molecule has 6 nitrogen and oxygen atoms in total. The molecule has 3 aliphatic rings. The van der Waals surface area contributed by atoms with Gasteiger partial charge in [0.25, 0.3) is 0 Å². The molecule has 2 aliphatic heterocycles. The highest BCUT2D eigenvalue weighted by atomic mass is 16.2. The summed E-state index contributed by atoms with van der Waals surface area (Å²) in [4.78, 5) is 34.0. The minimum absolute atomic E-state index is 0.202. The summed E-state index contributed by atoms with van der Waals surface area (Å²) in [7, 11) is 0. The highest BCUT2D eigenvalue weighted by molar-refractivity contribution is 5.86. The lowest BCUT2D eigenvalue weighted by Crippen LogP contribution is -2.53. The number of aryl methyl sites for hydroxylation is 1. The molecular formula is C20H30N4O2. The third-order valence-electron chi connectivity index (χ3n) is 6.61. The summed E-state index contributed by atoms with van der Waals surface area (Å²) in [6.45, 7) is 3.12. The average molecular weight is 358 g/mol. The molecule has 4 rings (SSSR count). The fourth-order valence-electron chi connectivity index (χ4n) is 5.12. The van der Waals surface area contributed by atoms with E-state index in [1.807, 2.05) is 15.7 Å². The average Bonchev–Trinajstić information content (AvgIpc) is 3.39. The predicted octanol–water partition coefficient (Wildman–Crippen LogP) is 2.45. The molecule has 0 bridgehead atoms. The van der Waals surface area contributed by atoms with Crippen LogP contribution < -0.4 is 0 Å². The van der Waals surface area contributed by atoms with Crippen LogP contribution in [0.25, 0.3) is 0 Å². The van der Waals surface area contributed by atoms with Crippen LogP contribution in [0, 0.1) is 5.41 Å². The highest BCUT2D eigenvalue weighted by Gasteiger charge is 2.50. The highest BCUT2D eigenvalue weighted by Crippen LogP contribution is 2.42. The SMILES string of the molecule is O=C(CCCn1ccnc1)N1CC[C@]2(CCCN(C3CCCC3)C2=O)C1. The van der Waals surface area contributed by atoms with Crippen molar-refractivity contribution in [3.05, 3.63) is 18.7 Å². The fraction of sp³-hybridized carbons (Fsp3) is 0.750. The lowest BCUT2D eigenvalue weighted by Gasteiger charge is -2.42. The minimum atomic E-state index is -0.291. The third-order valence-corrected chi connectivity index (χ3v) is 6.61. The van der Waals surface area contributed by atoms with Gasteiger partial charge in [-0.25, -0.2) is 4.98 Å². The van der Waals surface area contributed by atoms with E-state index in [0.717, 1.165) is 45.3 Å². The number of rotatable bonds is 5. The van der Waals surface area contributed by atoms with E-state index in [4.69, 9.17) is 0 Å². The molecule has 0 radical (unpaired) electrons. The number of carbonyl (C=O) groups excluding carboxylic acids is 2. The molecule has 142 valence electrons. The van der Waals surface area contributed by atoms with Crippen molar-refractivity contribution in [1.82, 2.24) is 19.4 Å². The van der Waals surface area contributed by atoms with Crippen LogP contribution in [0.1, 0.15) is 57.8 Å². The summed E-state index contributed by atoms with van der Waals surface area (Å²) in [6.07, 6.45) is 14.6. The Morgan fingerprint density at radius 1 is 1.19 bits per heavy atom.